The molecule has 2 fully saturated rings. The van der Waals surface area contributed by atoms with Gasteiger partial charge in [-0.25, -0.2) is 9.78 Å². The van der Waals surface area contributed by atoms with Gasteiger partial charge in [0.1, 0.15) is 5.60 Å². The summed E-state index contributed by atoms with van der Waals surface area (Å²) in [5.74, 6) is -0.151. The van der Waals surface area contributed by atoms with E-state index in [1.54, 1.807) is 6.20 Å². The second-order valence-corrected chi connectivity index (χ2v) is 7.59. The first-order valence-electron chi connectivity index (χ1n) is 8.61. The van der Waals surface area contributed by atoms with Crippen LogP contribution in [0.15, 0.2) is 35.8 Å². The number of alkyl carbamates (subject to hydrolysis) is 1. The van der Waals surface area contributed by atoms with Crippen molar-refractivity contribution in [2.45, 2.75) is 25.0 Å². The molecule has 0 aliphatic carbocycles. The van der Waals surface area contributed by atoms with Gasteiger partial charge in [0.05, 0.1) is 6.54 Å². The van der Waals surface area contributed by atoms with Crippen molar-refractivity contribution >= 4 is 28.5 Å². The van der Waals surface area contributed by atoms with Crippen LogP contribution in [-0.2, 0) is 11.3 Å². The first-order valence-corrected chi connectivity index (χ1v) is 9.49. The molecule has 0 atom stereocenters. The predicted octanol–water partition coefficient (Wildman–Crippen LogP) is 2.47. The van der Waals surface area contributed by atoms with Crippen molar-refractivity contribution in [2.75, 3.05) is 25.0 Å². The highest BCUT2D eigenvalue weighted by Gasteiger charge is 2.42. The number of aromatic nitrogens is 1. The molecule has 136 valence electrons. The van der Waals surface area contributed by atoms with Gasteiger partial charge in [0.25, 0.3) is 5.91 Å². The van der Waals surface area contributed by atoms with Crippen molar-refractivity contribution in [1.82, 2.24) is 15.2 Å². The fraction of sp³-hybridized carbons (Fsp3) is 0.389. The van der Waals surface area contributed by atoms with Crippen molar-refractivity contribution in [3.8, 4) is 0 Å². The Bertz CT molecular complexity index is 783. The topological polar surface area (TPSA) is 83.6 Å². The van der Waals surface area contributed by atoms with Crippen molar-refractivity contribution in [3.63, 3.8) is 0 Å². The van der Waals surface area contributed by atoms with Crippen molar-refractivity contribution in [3.05, 3.63) is 47.0 Å². The van der Waals surface area contributed by atoms with Crippen molar-refractivity contribution in [1.29, 1.82) is 0 Å². The van der Waals surface area contributed by atoms with E-state index in [9.17, 15) is 9.59 Å². The molecule has 2 saturated heterocycles. The number of nitrogens with one attached hydrogen (secondary N) is 2. The molecular formula is C18H20N4O3S. The molecule has 26 heavy (non-hydrogen) atoms. The maximum absolute atomic E-state index is 12.2. The zero-order chi connectivity index (χ0) is 18.0. The lowest BCUT2D eigenvalue weighted by molar-refractivity contribution is -0.00102. The molecule has 2 aromatic rings. The number of hydrogen-bond acceptors (Lipinski definition) is 6. The summed E-state index contributed by atoms with van der Waals surface area (Å²) in [6, 6.07) is 7.65. The number of likely N-dealkylation sites (tertiary alicyclic amines) is 1. The molecule has 0 unspecified atom stereocenters. The number of ether oxygens (including phenoxy) is 1. The molecule has 2 aliphatic heterocycles. The van der Waals surface area contributed by atoms with Crippen molar-refractivity contribution in [2.24, 2.45) is 0 Å². The van der Waals surface area contributed by atoms with Gasteiger partial charge in [-0.05, 0) is 17.7 Å². The average molecular weight is 372 g/mol. The highest BCUT2D eigenvalue weighted by Crippen LogP contribution is 2.29. The molecule has 0 radical (unpaired) electrons. The van der Waals surface area contributed by atoms with Gasteiger partial charge in [0.15, 0.2) is 5.13 Å². The second-order valence-electron chi connectivity index (χ2n) is 6.69. The fourth-order valence-corrected chi connectivity index (χ4v) is 3.90. The van der Waals surface area contributed by atoms with Crippen LogP contribution in [0.25, 0.3) is 0 Å². The van der Waals surface area contributed by atoms with E-state index in [0.29, 0.717) is 17.2 Å². The number of anilines is 1. The van der Waals surface area contributed by atoms with Crippen LogP contribution in [0.2, 0.25) is 0 Å². The molecule has 1 aromatic heterocycles. The van der Waals surface area contributed by atoms with E-state index < -0.39 is 0 Å². The van der Waals surface area contributed by atoms with Gasteiger partial charge in [-0.1, -0.05) is 12.1 Å². The molecule has 3 heterocycles. The Hall–Kier alpha value is -2.45. The molecule has 4 rings (SSSR count). The number of benzene rings is 1. The molecule has 2 N–H and O–H groups in total. The van der Waals surface area contributed by atoms with Crippen LogP contribution in [0.4, 0.5) is 9.93 Å². The van der Waals surface area contributed by atoms with E-state index in [1.165, 1.54) is 11.3 Å². The van der Waals surface area contributed by atoms with Crippen LogP contribution in [0.1, 0.15) is 28.8 Å². The summed E-state index contributed by atoms with van der Waals surface area (Å²) in [7, 11) is 0. The van der Waals surface area contributed by atoms with Gasteiger partial charge < -0.3 is 10.1 Å². The smallest absolute Gasteiger partial charge is 0.407 e. The molecule has 7 nitrogen and oxygen atoms in total. The maximum atomic E-state index is 12.2. The van der Waals surface area contributed by atoms with Gasteiger partial charge >= 0.3 is 6.09 Å². The lowest BCUT2D eigenvalue weighted by Crippen LogP contribution is -2.46. The quantitative estimate of drug-likeness (QED) is 0.861. The zero-order valence-corrected chi connectivity index (χ0v) is 15.1. The van der Waals surface area contributed by atoms with Crippen LogP contribution < -0.4 is 10.6 Å². The van der Waals surface area contributed by atoms with E-state index in [0.717, 1.165) is 38.0 Å². The molecule has 0 saturated carbocycles. The van der Waals surface area contributed by atoms with Crippen LogP contribution in [-0.4, -0.2) is 47.1 Å². The highest BCUT2D eigenvalue weighted by molar-refractivity contribution is 7.13. The summed E-state index contributed by atoms with van der Waals surface area (Å²) in [6.45, 7) is 3.22. The largest absolute Gasteiger partial charge is 0.441 e. The summed E-state index contributed by atoms with van der Waals surface area (Å²) < 4.78 is 5.45. The number of thiazole rings is 1. The molecule has 0 bridgehead atoms. The van der Waals surface area contributed by atoms with Gasteiger partial charge in [-0.2, -0.15) is 0 Å². The Morgan fingerprint density at radius 2 is 2.08 bits per heavy atom. The van der Waals surface area contributed by atoms with Gasteiger partial charge in [0.2, 0.25) is 0 Å². The molecular weight excluding hydrogens is 352 g/mol. The van der Waals surface area contributed by atoms with E-state index in [1.807, 2.05) is 29.6 Å². The number of carbonyl (C=O) groups is 2. The summed E-state index contributed by atoms with van der Waals surface area (Å²) in [4.78, 5) is 29.9. The van der Waals surface area contributed by atoms with E-state index in [-0.39, 0.29) is 17.6 Å². The SMILES string of the molecule is O=C1NCC2(CCN(Cc3ccc(C(=O)Nc4nccs4)cc3)CC2)O1. The number of piperidine rings is 1. The number of nitrogens with zero attached hydrogens (tertiary/aromatic N) is 2. The van der Waals surface area contributed by atoms with Crippen LogP contribution in [0, 0.1) is 0 Å². The first-order chi connectivity index (χ1) is 12.6. The third kappa shape index (κ3) is 3.71. The van der Waals surface area contributed by atoms with Gasteiger partial charge in [-0.3, -0.25) is 15.0 Å². The van der Waals surface area contributed by atoms with Gasteiger partial charge in [0, 0.05) is 49.6 Å². The number of rotatable bonds is 4. The Balaban J connectivity index is 1.30. The minimum Gasteiger partial charge on any atom is -0.441 e. The predicted molar refractivity (Wildman–Crippen MR) is 98.2 cm³/mol. The third-order valence-corrected chi connectivity index (χ3v) is 5.60. The summed E-state index contributed by atoms with van der Waals surface area (Å²) in [6.07, 6.45) is 3.06. The first kappa shape index (κ1) is 17.0. The van der Waals surface area contributed by atoms with Crippen LogP contribution in [0.3, 0.4) is 0 Å². The Morgan fingerprint density at radius 3 is 2.69 bits per heavy atom. The minimum absolute atomic E-state index is 0.151. The molecule has 1 aromatic carbocycles. The molecule has 8 heteroatoms. The van der Waals surface area contributed by atoms with Crippen molar-refractivity contribution < 1.29 is 14.3 Å². The van der Waals surface area contributed by atoms with E-state index in [2.05, 4.69) is 20.5 Å². The molecule has 2 aliphatic rings. The molecule has 1 spiro atoms. The van der Waals surface area contributed by atoms with E-state index in [4.69, 9.17) is 4.74 Å². The monoisotopic (exact) mass is 372 g/mol. The Morgan fingerprint density at radius 1 is 1.31 bits per heavy atom. The third-order valence-electron chi connectivity index (χ3n) is 4.91. The normalized spacial score (nSPS) is 19.2. The van der Waals surface area contributed by atoms with Gasteiger partial charge in [-0.15, -0.1) is 11.3 Å². The lowest BCUT2D eigenvalue weighted by Gasteiger charge is -2.37. The maximum Gasteiger partial charge on any atom is 0.407 e. The summed E-state index contributed by atoms with van der Waals surface area (Å²) in [5.41, 5.74) is 1.46. The Labute approximate surface area is 155 Å². The van der Waals surface area contributed by atoms with Crippen LogP contribution >= 0.6 is 11.3 Å². The molecule has 2 amide bonds. The minimum atomic E-state index is -0.314. The number of hydrogen-bond donors (Lipinski definition) is 2. The second kappa shape index (κ2) is 7.05. The average Bonchev–Trinajstić information content (AvgIpc) is 3.28. The Kier molecular flexibility index (Phi) is 4.60. The summed E-state index contributed by atoms with van der Waals surface area (Å²) >= 11 is 1.39. The highest BCUT2D eigenvalue weighted by atomic mass is 32.1. The van der Waals surface area contributed by atoms with E-state index >= 15 is 0 Å². The number of amides is 2. The zero-order valence-electron chi connectivity index (χ0n) is 14.2. The number of carbonyl (C=O) groups excluding carboxylic acids is 2. The standard InChI is InChI=1S/C18H20N4O3S/c23-15(21-16-19-7-10-26-16)14-3-1-13(2-4-14)11-22-8-5-18(6-9-22)12-20-17(24)25-18/h1-4,7,10H,5-6,8-9,11-12H2,(H,20,24)(H,19,21,23). The lowest BCUT2D eigenvalue weighted by atomic mass is 9.91. The fourth-order valence-electron chi connectivity index (χ4n) is 3.37. The van der Waals surface area contributed by atoms with Crippen LogP contribution in [0.5, 0.6) is 0 Å². The summed E-state index contributed by atoms with van der Waals surface area (Å²) in [5, 5.41) is 7.96.